The highest BCUT2D eigenvalue weighted by Crippen LogP contribution is 2.43. The Labute approximate surface area is 241 Å². The van der Waals surface area contributed by atoms with E-state index in [1.54, 1.807) is 36.5 Å². The Morgan fingerprint density at radius 3 is 2.68 bits per heavy atom. The maximum absolute atomic E-state index is 14.6. The van der Waals surface area contributed by atoms with Gasteiger partial charge in [0, 0.05) is 30.1 Å². The molecular formula is C32H27ClFN3O4. The van der Waals surface area contributed by atoms with Gasteiger partial charge in [-0.25, -0.2) is 4.39 Å². The molecule has 0 fully saturated rings. The van der Waals surface area contributed by atoms with Crippen molar-refractivity contribution in [2.75, 3.05) is 0 Å². The molecule has 3 aromatic carbocycles. The zero-order valence-corrected chi connectivity index (χ0v) is 22.9. The molecule has 1 heterocycles. The van der Waals surface area contributed by atoms with Crippen LogP contribution < -0.4 is 10.1 Å². The second-order valence-electron chi connectivity index (χ2n) is 9.95. The van der Waals surface area contributed by atoms with Gasteiger partial charge in [0.25, 0.3) is 0 Å². The Hall–Kier alpha value is -4.29. The third-order valence-corrected chi connectivity index (χ3v) is 7.54. The molecule has 0 saturated carbocycles. The molecule has 1 unspecified atom stereocenters. The third kappa shape index (κ3) is 5.93. The Kier molecular flexibility index (Phi) is 8.31. The van der Waals surface area contributed by atoms with Gasteiger partial charge in [0.05, 0.1) is 16.7 Å². The van der Waals surface area contributed by atoms with Crippen molar-refractivity contribution >= 4 is 17.6 Å². The van der Waals surface area contributed by atoms with E-state index >= 15 is 0 Å². The fourth-order valence-corrected chi connectivity index (χ4v) is 5.49. The summed E-state index contributed by atoms with van der Waals surface area (Å²) in [6, 6.07) is 18.5. The first kappa shape index (κ1) is 28.2. The highest BCUT2D eigenvalue weighted by molar-refractivity contribution is 6.32. The number of benzene rings is 3. The lowest BCUT2D eigenvalue weighted by molar-refractivity contribution is -0.142. The lowest BCUT2D eigenvalue weighted by Crippen LogP contribution is -2.44. The fourth-order valence-electron chi connectivity index (χ4n) is 5.26. The molecule has 7 nitrogen and oxygen atoms in total. The molecule has 1 aromatic heterocycles. The summed E-state index contributed by atoms with van der Waals surface area (Å²) in [5.74, 6) is -1.06. The first-order chi connectivity index (χ1) is 19.8. The van der Waals surface area contributed by atoms with Crippen LogP contribution in [-0.2, 0) is 17.8 Å². The number of nitrogens with one attached hydrogen (secondary N) is 1. The number of rotatable bonds is 9. The Bertz CT molecular complexity index is 1650. The van der Waals surface area contributed by atoms with Crippen molar-refractivity contribution in [3.05, 3.63) is 106 Å². The zero-order chi connectivity index (χ0) is 29.1. The van der Waals surface area contributed by atoms with Gasteiger partial charge in [-0.05, 0) is 71.8 Å². The van der Waals surface area contributed by atoms with E-state index in [0.29, 0.717) is 51.4 Å². The molecule has 0 aliphatic heterocycles. The minimum absolute atomic E-state index is 0.0756. The number of carbonyl (C=O) groups is 1. The topological polar surface area (TPSA) is 115 Å². The predicted molar refractivity (Wildman–Crippen MR) is 153 cm³/mol. The van der Waals surface area contributed by atoms with Gasteiger partial charge in [0.15, 0.2) is 0 Å². The molecule has 1 aliphatic carbocycles. The second kappa shape index (κ2) is 12.1. The van der Waals surface area contributed by atoms with Crippen molar-refractivity contribution in [3.63, 3.8) is 0 Å². The highest BCUT2D eigenvalue weighted by Gasteiger charge is 2.29. The van der Waals surface area contributed by atoms with Gasteiger partial charge in [0.1, 0.15) is 29.8 Å². The molecule has 0 radical (unpaired) electrons. The van der Waals surface area contributed by atoms with Crippen molar-refractivity contribution in [1.82, 2.24) is 10.3 Å². The average molecular weight is 572 g/mol. The smallest absolute Gasteiger partial charge is 0.323 e. The van der Waals surface area contributed by atoms with Crippen LogP contribution in [0.25, 0.3) is 22.3 Å². The van der Waals surface area contributed by atoms with E-state index in [9.17, 15) is 24.7 Å². The number of carboxylic acid groups (broad SMARTS) is 1. The SMILES string of the molecule is CC(O)[C@H](NCc1cc(Cl)c(O[C@H]2CCc3c(-c4ccccc4F)cccc32)cc1-c1cncc(C#N)c1)C(=O)O. The lowest BCUT2D eigenvalue weighted by Gasteiger charge is -2.21. The van der Waals surface area contributed by atoms with Crippen molar-refractivity contribution in [2.45, 2.75) is 44.6 Å². The number of hydrogen-bond donors (Lipinski definition) is 3. The van der Waals surface area contributed by atoms with Gasteiger partial charge < -0.3 is 14.9 Å². The molecule has 0 bridgehead atoms. The number of hydrogen-bond acceptors (Lipinski definition) is 6. The standard InChI is InChI=1S/C32H27ClFN3O4/c1-18(38)31(32(39)40)37-17-21-12-27(33)30(13-26(21)20-11-19(14-35)15-36-16-20)41-29-10-9-23-22(6-4-7-25(23)29)24-5-2-3-8-28(24)34/h2-8,11-13,15-16,18,29,31,37-38H,9-10,17H2,1H3,(H,39,40)/t18?,29-,31-/m0/s1. The second-order valence-corrected chi connectivity index (χ2v) is 10.4. The van der Waals surface area contributed by atoms with Crippen LogP contribution in [0.1, 0.15) is 41.7 Å². The molecule has 4 aromatic rings. The van der Waals surface area contributed by atoms with Crippen molar-refractivity contribution in [1.29, 1.82) is 5.26 Å². The van der Waals surface area contributed by atoms with Gasteiger partial charge in [-0.2, -0.15) is 5.26 Å². The Balaban J connectivity index is 1.51. The van der Waals surface area contributed by atoms with E-state index in [-0.39, 0.29) is 18.5 Å². The number of nitriles is 1. The van der Waals surface area contributed by atoms with E-state index in [2.05, 4.69) is 16.4 Å². The van der Waals surface area contributed by atoms with Crippen LogP contribution in [0.5, 0.6) is 5.75 Å². The van der Waals surface area contributed by atoms with E-state index in [1.807, 2.05) is 24.3 Å². The summed E-state index contributed by atoms with van der Waals surface area (Å²) in [5, 5.41) is 32.0. The Morgan fingerprint density at radius 1 is 1.17 bits per heavy atom. The molecule has 9 heteroatoms. The third-order valence-electron chi connectivity index (χ3n) is 7.25. The number of carboxylic acids is 1. The molecule has 208 valence electrons. The number of pyridine rings is 1. The summed E-state index contributed by atoms with van der Waals surface area (Å²) in [4.78, 5) is 15.8. The van der Waals surface area contributed by atoms with Gasteiger partial charge in [-0.1, -0.05) is 48.0 Å². The predicted octanol–water partition coefficient (Wildman–Crippen LogP) is 6.07. The number of halogens is 2. The lowest BCUT2D eigenvalue weighted by atomic mass is 9.96. The molecule has 3 N–H and O–H groups in total. The normalized spacial score (nSPS) is 15.5. The maximum atomic E-state index is 14.6. The zero-order valence-electron chi connectivity index (χ0n) is 22.1. The first-order valence-corrected chi connectivity index (χ1v) is 13.5. The van der Waals surface area contributed by atoms with Gasteiger partial charge >= 0.3 is 5.97 Å². The summed E-state index contributed by atoms with van der Waals surface area (Å²) >= 11 is 6.71. The summed E-state index contributed by atoms with van der Waals surface area (Å²) < 4.78 is 21.1. The average Bonchev–Trinajstić information content (AvgIpc) is 3.37. The highest BCUT2D eigenvalue weighted by atomic mass is 35.5. The summed E-state index contributed by atoms with van der Waals surface area (Å²) in [6.07, 6.45) is 2.99. The molecule has 0 spiro atoms. The van der Waals surface area contributed by atoms with Gasteiger partial charge in [0.2, 0.25) is 0 Å². The molecule has 0 saturated heterocycles. The van der Waals surface area contributed by atoms with E-state index in [0.717, 1.165) is 16.7 Å². The summed E-state index contributed by atoms with van der Waals surface area (Å²) in [6.45, 7) is 1.47. The molecule has 1 aliphatic rings. The van der Waals surface area contributed by atoms with Crippen LogP contribution in [0.3, 0.4) is 0 Å². The first-order valence-electron chi connectivity index (χ1n) is 13.1. The van der Waals surface area contributed by atoms with E-state index in [1.165, 1.54) is 19.2 Å². The molecular weight excluding hydrogens is 545 g/mol. The largest absolute Gasteiger partial charge is 0.484 e. The minimum Gasteiger partial charge on any atom is -0.484 e. The molecule has 41 heavy (non-hydrogen) atoms. The van der Waals surface area contributed by atoms with Crippen molar-refractivity contribution in [3.8, 4) is 34.1 Å². The van der Waals surface area contributed by atoms with Crippen molar-refractivity contribution in [2.24, 2.45) is 0 Å². The van der Waals surface area contributed by atoms with Crippen LogP contribution in [0.2, 0.25) is 5.02 Å². The molecule has 5 rings (SSSR count). The van der Waals surface area contributed by atoms with Crippen molar-refractivity contribution < 1.29 is 24.1 Å². The molecule has 3 atom stereocenters. The number of aliphatic hydroxyl groups excluding tert-OH is 1. The number of nitrogens with zero attached hydrogens (tertiary/aromatic N) is 2. The minimum atomic E-state index is -1.19. The quantitative estimate of drug-likeness (QED) is 0.223. The van der Waals surface area contributed by atoms with Crippen LogP contribution >= 0.6 is 11.6 Å². The van der Waals surface area contributed by atoms with Crippen LogP contribution in [0.4, 0.5) is 4.39 Å². The summed E-state index contributed by atoms with van der Waals surface area (Å²) in [7, 11) is 0. The number of aliphatic hydroxyl groups is 1. The van der Waals surface area contributed by atoms with Gasteiger partial charge in [-0.3, -0.25) is 15.1 Å². The number of aromatic nitrogens is 1. The fraction of sp³-hybridized carbons (Fsp3) is 0.219. The van der Waals surface area contributed by atoms with E-state index in [4.69, 9.17) is 16.3 Å². The maximum Gasteiger partial charge on any atom is 0.323 e. The number of aliphatic carboxylic acids is 1. The number of fused-ring (bicyclic) bond motifs is 1. The van der Waals surface area contributed by atoms with Gasteiger partial charge in [-0.15, -0.1) is 0 Å². The Morgan fingerprint density at radius 2 is 1.95 bits per heavy atom. The molecule has 0 amide bonds. The van der Waals surface area contributed by atoms with Crippen LogP contribution in [-0.4, -0.2) is 33.3 Å². The van der Waals surface area contributed by atoms with E-state index < -0.39 is 18.1 Å². The number of ether oxygens (including phenoxy) is 1. The van der Waals surface area contributed by atoms with Crippen LogP contribution in [0, 0.1) is 17.1 Å². The van der Waals surface area contributed by atoms with Crippen LogP contribution in [0.15, 0.2) is 73.1 Å². The summed E-state index contributed by atoms with van der Waals surface area (Å²) in [5.41, 5.74) is 5.65. The monoisotopic (exact) mass is 571 g/mol.